The van der Waals surface area contributed by atoms with Crippen LogP contribution in [0, 0.1) is 0 Å². The van der Waals surface area contributed by atoms with E-state index in [-0.39, 0.29) is 0 Å². The molecule has 0 saturated heterocycles. The molecule has 0 radical (unpaired) electrons. The zero-order chi connectivity index (χ0) is 14.0. The average Bonchev–Trinajstić information content (AvgIpc) is 2.80. The number of halogens is 1. The van der Waals surface area contributed by atoms with E-state index in [0.29, 0.717) is 18.2 Å². The topological polar surface area (TPSA) is 64.1 Å². The third kappa shape index (κ3) is 3.36. The van der Waals surface area contributed by atoms with Gasteiger partial charge in [0, 0.05) is 34.4 Å². The normalized spacial score (nSPS) is 12.9. The molecule has 102 valence electrons. The van der Waals surface area contributed by atoms with Crippen LogP contribution in [0.15, 0.2) is 34.9 Å². The molecule has 0 aliphatic carbocycles. The van der Waals surface area contributed by atoms with Gasteiger partial charge in [-0.25, -0.2) is 0 Å². The minimum atomic E-state index is -0.645. The summed E-state index contributed by atoms with van der Waals surface area (Å²) in [7, 11) is 0. The monoisotopic (exact) mass is 323 g/mol. The molecule has 0 aliphatic rings. The molecule has 2 rings (SSSR count). The van der Waals surface area contributed by atoms with Gasteiger partial charge in [0.1, 0.15) is 0 Å². The molecule has 1 aromatic heterocycles. The maximum absolute atomic E-state index is 10.3. The third-order valence-electron chi connectivity index (χ3n) is 3.00. The van der Waals surface area contributed by atoms with Crippen molar-refractivity contribution >= 4 is 21.6 Å². The molecule has 1 unspecified atom stereocenters. The lowest BCUT2D eigenvalue weighted by atomic mass is 10.0. The highest BCUT2D eigenvalue weighted by molar-refractivity contribution is 9.10. The van der Waals surface area contributed by atoms with Gasteiger partial charge in [-0.2, -0.15) is 5.10 Å². The molecule has 0 fully saturated rings. The number of hydrogen-bond acceptors (Lipinski definition) is 3. The first-order chi connectivity index (χ1) is 8.97. The van der Waals surface area contributed by atoms with Crippen molar-refractivity contribution < 1.29 is 5.11 Å². The zero-order valence-corrected chi connectivity index (χ0v) is 12.6. The molecule has 4 nitrogen and oxygen atoms in total. The van der Waals surface area contributed by atoms with Gasteiger partial charge in [-0.3, -0.25) is 4.68 Å². The van der Waals surface area contributed by atoms with Crippen molar-refractivity contribution in [1.82, 2.24) is 9.78 Å². The summed E-state index contributed by atoms with van der Waals surface area (Å²) in [5.41, 5.74) is 8.08. The van der Waals surface area contributed by atoms with E-state index in [1.54, 1.807) is 6.07 Å². The Morgan fingerprint density at radius 2 is 2.11 bits per heavy atom. The predicted molar refractivity (Wildman–Crippen MR) is 79.8 cm³/mol. The van der Waals surface area contributed by atoms with E-state index in [4.69, 9.17) is 5.73 Å². The summed E-state index contributed by atoms with van der Waals surface area (Å²) >= 11 is 3.39. The minimum absolute atomic E-state index is 0.321. The number of aromatic nitrogens is 2. The first-order valence-electron chi connectivity index (χ1n) is 6.24. The second-order valence-corrected chi connectivity index (χ2v) is 5.79. The Kier molecular flexibility index (Phi) is 4.27. The van der Waals surface area contributed by atoms with Gasteiger partial charge >= 0.3 is 0 Å². The molecule has 0 amide bonds. The number of nitrogens with zero attached hydrogens (tertiary/aromatic N) is 2. The summed E-state index contributed by atoms with van der Waals surface area (Å²) in [5, 5.41) is 14.7. The quantitative estimate of drug-likeness (QED) is 0.850. The fraction of sp³-hybridized carbons (Fsp3) is 0.357. The number of aliphatic hydroxyl groups excluding tert-OH is 1. The molecule has 0 spiro atoms. The summed E-state index contributed by atoms with van der Waals surface area (Å²) in [4.78, 5) is 0. The van der Waals surface area contributed by atoms with Gasteiger partial charge in [0.2, 0.25) is 0 Å². The number of rotatable bonds is 4. The smallest absolute Gasteiger partial charge is 0.0866 e. The second-order valence-electron chi connectivity index (χ2n) is 4.87. The number of aliphatic hydroxyl groups is 1. The van der Waals surface area contributed by atoms with Crippen LogP contribution in [0.5, 0.6) is 0 Å². The maximum atomic E-state index is 10.3. The standard InChI is InChI=1S/C14H18BrN3O/c1-9(2)18-6-5-11(17-18)8-14(19)12-7-10(15)3-4-13(12)16/h3-7,9,14,19H,8,16H2,1-2H3. The van der Waals surface area contributed by atoms with Crippen molar-refractivity contribution in [3.05, 3.63) is 46.2 Å². The zero-order valence-electron chi connectivity index (χ0n) is 11.0. The van der Waals surface area contributed by atoms with Crippen molar-refractivity contribution in [1.29, 1.82) is 0 Å². The van der Waals surface area contributed by atoms with Gasteiger partial charge in [-0.1, -0.05) is 15.9 Å². The Morgan fingerprint density at radius 1 is 1.37 bits per heavy atom. The van der Waals surface area contributed by atoms with Crippen molar-refractivity contribution in [3.8, 4) is 0 Å². The van der Waals surface area contributed by atoms with Gasteiger partial charge in [-0.05, 0) is 38.1 Å². The molecule has 1 aromatic carbocycles. The third-order valence-corrected chi connectivity index (χ3v) is 3.50. The van der Waals surface area contributed by atoms with Crippen molar-refractivity contribution in [2.24, 2.45) is 0 Å². The van der Waals surface area contributed by atoms with E-state index in [1.165, 1.54) is 0 Å². The van der Waals surface area contributed by atoms with Crippen LogP contribution in [0.1, 0.15) is 37.3 Å². The van der Waals surface area contributed by atoms with Crippen molar-refractivity contribution in [3.63, 3.8) is 0 Å². The van der Waals surface area contributed by atoms with Crippen LogP contribution in [-0.4, -0.2) is 14.9 Å². The Labute approximate surface area is 121 Å². The molecule has 2 aromatic rings. The maximum Gasteiger partial charge on any atom is 0.0866 e. The molecule has 1 atom stereocenters. The fourth-order valence-corrected chi connectivity index (χ4v) is 2.29. The molecule has 3 N–H and O–H groups in total. The lowest BCUT2D eigenvalue weighted by molar-refractivity contribution is 0.177. The number of benzene rings is 1. The minimum Gasteiger partial charge on any atom is -0.398 e. The van der Waals surface area contributed by atoms with Crippen LogP contribution in [0.25, 0.3) is 0 Å². The van der Waals surface area contributed by atoms with Crippen LogP contribution >= 0.6 is 15.9 Å². The molecular formula is C14H18BrN3O. The Bertz CT molecular complexity index is 566. The van der Waals surface area contributed by atoms with E-state index in [9.17, 15) is 5.11 Å². The highest BCUT2D eigenvalue weighted by atomic mass is 79.9. The van der Waals surface area contributed by atoms with Crippen LogP contribution in [-0.2, 0) is 6.42 Å². The molecule has 5 heteroatoms. The van der Waals surface area contributed by atoms with Crippen LogP contribution in [0.2, 0.25) is 0 Å². The predicted octanol–water partition coefficient (Wildman–Crippen LogP) is 3.08. The first kappa shape index (κ1) is 14.1. The van der Waals surface area contributed by atoms with Crippen molar-refractivity contribution in [2.75, 3.05) is 5.73 Å². The lowest BCUT2D eigenvalue weighted by Crippen LogP contribution is -2.07. The summed E-state index contributed by atoms with van der Waals surface area (Å²) < 4.78 is 2.79. The number of nitrogen functional groups attached to an aromatic ring is 1. The van der Waals surface area contributed by atoms with Crippen LogP contribution in [0.4, 0.5) is 5.69 Å². The lowest BCUT2D eigenvalue weighted by Gasteiger charge is -2.13. The van der Waals surface area contributed by atoms with Gasteiger partial charge < -0.3 is 10.8 Å². The van der Waals surface area contributed by atoms with E-state index in [0.717, 1.165) is 15.7 Å². The van der Waals surface area contributed by atoms with Crippen molar-refractivity contribution in [2.45, 2.75) is 32.4 Å². The molecule has 1 heterocycles. The van der Waals surface area contributed by atoms with Gasteiger partial charge in [0.05, 0.1) is 11.8 Å². The summed E-state index contributed by atoms with van der Waals surface area (Å²) in [6.07, 6.45) is 1.74. The molecule has 0 saturated carbocycles. The highest BCUT2D eigenvalue weighted by Gasteiger charge is 2.14. The number of nitrogens with two attached hydrogens (primary N) is 1. The molecular weight excluding hydrogens is 306 g/mol. The number of anilines is 1. The summed E-state index contributed by atoms with van der Waals surface area (Å²) in [5.74, 6) is 0. The summed E-state index contributed by atoms with van der Waals surface area (Å²) in [6, 6.07) is 7.74. The SMILES string of the molecule is CC(C)n1ccc(CC(O)c2cc(Br)ccc2N)n1. The molecule has 0 aliphatic heterocycles. The van der Waals surface area contributed by atoms with E-state index < -0.39 is 6.10 Å². The Hall–Kier alpha value is -1.33. The Balaban J connectivity index is 2.15. The van der Waals surface area contributed by atoms with E-state index >= 15 is 0 Å². The highest BCUT2D eigenvalue weighted by Crippen LogP contribution is 2.26. The Morgan fingerprint density at radius 3 is 2.74 bits per heavy atom. The van der Waals surface area contributed by atoms with Crippen LogP contribution in [0.3, 0.4) is 0 Å². The first-order valence-corrected chi connectivity index (χ1v) is 7.03. The van der Waals surface area contributed by atoms with E-state index in [2.05, 4.69) is 34.9 Å². The van der Waals surface area contributed by atoms with Gasteiger partial charge in [-0.15, -0.1) is 0 Å². The molecule has 19 heavy (non-hydrogen) atoms. The average molecular weight is 324 g/mol. The largest absolute Gasteiger partial charge is 0.398 e. The van der Waals surface area contributed by atoms with Gasteiger partial charge in [0.15, 0.2) is 0 Å². The summed E-state index contributed by atoms with van der Waals surface area (Å²) in [6.45, 7) is 4.14. The number of hydrogen-bond donors (Lipinski definition) is 2. The van der Waals surface area contributed by atoms with Crippen LogP contribution < -0.4 is 5.73 Å². The molecule has 0 bridgehead atoms. The van der Waals surface area contributed by atoms with Gasteiger partial charge in [0.25, 0.3) is 0 Å². The second kappa shape index (κ2) is 5.75. The van der Waals surface area contributed by atoms with E-state index in [1.807, 2.05) is 29.1 Å². The fourth-order valence-electron chi connectivity index (χ4n) is 1.92.